The first-order valence-electron chi connectivity index (χ1n) is 6.31. The van der Waals surface area contributed by atoms with Crippen molar-refractivity contribution in [2.24, 2.45) is 0 Å². The van der Waals surface area contributed by atoms with Gasteiger partial charge in [0.15, 0.2) is 0 Å². The van der Waals surface area contributed by atoms with Crippen LogP contribution in [0.1, 0.15) is 22.8 Å². The third-order valence-electron chi connectivity index (χ3n) is 2.79. The van der Waals surface area contributed by atoms with Crippen LogP contribution in [-0.4, -0.2) is 11.9 Å². The van der Waals surface area contributed by atoms with Crippen LogP contribution in [0, 0.1) is 6.92 Å². The van der Waals surface area contributed by atoms with E-state index in [0.717, 1.165) is 15.7 Å². The van der Waals surface area contributed by atoms with Crippen molar-refractivity contribution in [2.45, 2.75) is 13.8 Å². The number of carbonyl (C=O) groups is 2. The van der Waals surface area contributed by atoms with Gasteiger partial charge in [0.25, 0.3) is 5.91 Å². The summed E-state index contributed by atoms with van der Waals surface area (Å²) in [4.78, 5) is 22.9. The van der Waals surface area contributed by atoms with Crippen molar-refractivity contribution < 1.29 is 14.3 Å². The van der Waals surface area contributed by atoms with E-state index in [1.165, 1.54) is 6.92 Å². The lowest BCUT2D eigenvalue weighted by Crippen LogP contribution is -2.12. The van der Waals surface area contributed by atoms with Crippen molar-refractivity contribution in [1.82, 2.24) is 0 Å². The minimum Gasteiger partial charge on any atom is -0.427 e. The van der Waals surface area contributed by atoms with Gasteiger partial charge in [-0.05, 0) is 55.0 Å². The average Bonchev–Trinajstić information content (AvgIpc) is 2.43. The Bertz CT molecular complexity index is 680. The number of rotatable bonds is 3. The molecule has 1 N–H and O–H groups in total. The summed E-state index contributed by atoms with van der Waals surface area (Å²) < 4.78 is 5.91. The van der Waals surface area contributed by atoms with Gasteiger partial charge < -0.3 is 10.1 Å². The van der Waals surface area contributed by atoms with Gasteiger partial charge in [-0.1, -0.05) is 15.9 Å². The lowest BCUT2D eigenvalue weighted by atomic mass is 10.2. The number of benzene rings is 2. The standard InChI is InChI=1S/C16H14BrNO3/c1-10-9-13(5-8-15(10)17)18-16(20)12-3-6-14(7-4-12)21-11(2)19/h3-9H,1-2H3,(H,18,20). The average molecular weight is 348 g/mol. The number of carbonyl (C=O) groups excluding carboxylic acids is 2. The second-order valence-electron chi connectivity index (χ2n) is 4.54. The van der Waals surface area contributed by atoms with Gasteiger partial charge in [0.05, 0.1) is 0 Å². The number of halogens is 1. The van der Waals surface area contributed by atoms with E-state index >= 15 is 0 Å². The summed E-state index contributed by atoms with van der Waals surface area (Å²) in [7, 11) is 0. The summed E-state index contributed by atoms with van der Waals surface area (Å²) in [6, 6.07) is 12.0. The molecule has 0 spiro atoms. The summed E-state index contributed by atoms with van der Waals surface area (Å²) in [6.45, 7) is 3.28. The molecule has 108 valence electrons. The minimum atomic E-state index is -0.391. The molecule has 0 atom stereocenters. The Kier molecular flexibility index (Phi) is 4.75. The number of aryl methyl sites for hydroxylation is 1. The van der Waals surface area contributed by atoms with Crippen LogP contribution in [0.4, 0.5) is 5.69 Å². The fourth-order valence-corrected chi connectivity index (χ4v) is 2.01. The van der Waals surface area contributed by atoms with Crippen LogP contribution in [0.3, 0.4) is 0 Å². The molecule has 0 heterocycles. The fraction of sp³-hybridized carbons (Fsp3) is 0.125. The van der Waals surface area contributed by atoms with E-state index in [0.29, 0.717) is 11.3 Å². The maximum atomic E-state index is 12.1. The predicted octanol–water partition coefficient (Wildman–Crippen LogP) is 3.94. The number of hydrogen-bond donors (Lipinski definition) is 1. The second-order valence-corrected chi connectivity index (χ2v) is 5.39. The fourth-order valence-electron chi connectivity index (χ4n) is 1.77. The molecular formula is C16H14BrNO3. The van der Waals surface area contributed by atoms with Crippen molar-refractivity contribution in [1.29, 1.82) is 0 Å². The first-order valence-corrected chi connectivity index (χ1v) is 7.11. The van der Waals surface area contributed by atoms with E-state index in [1.807, 2.05) is 25.1 Å². The zero-order chi connectivity index (χ0) is 15.4. The molecule has 0 fully saturated rings. The molecule has 2 aromatic rings. The molecule has 0 saturated carbocycles. The highest BCUT2D eigenvalue weighted by Gasteiger charge is 2.07. The third kappa shape index (κ3) is 4.16. The number of ether oxygens (including phenoxy) is 1. The zero-order valence-electron chi connectivity index (χ0n) is 11.6. The molecule has 0 radical (unpaired) electrons. The first kappa shape index (κ1) is 15.3. The maximum Gasteiger partial charge on any atom is 0.308 e. The van der Waals surface area contributed by atoms with Gasteiger partial charge in [0.1, 0.15) is 5.75 Å². The molecule has 1 amide bonds. The van der Waals surface area contributed by atoms with Crippen LogP contribution in [0.15, 0.2) is 46.9 Å². The van der Waals surface area contributed by atoms with Gasteiger partial charge in [-0.2, -0.15) is 0 Å². The molecule has 4 nitrogen and oxygen atoms in total. The van der Waals surface area contributed by atoms with Crippen molar-refractivity contribution in [2.75, 3.05) is 5.32 Å². The Balaban J connectivity index is 2.09. The van der Waals surface area contributed by atoms with E-state index in [4.69, 9.17) is 4.74 Å². The third-order valence-corrected chi connectivity index (χ3v) is 3.68. The Morgan fingerprint density at radius 2 is 1.76 bits per heavy atom. The topological polar surface area (TPSA) is 55.4 Å². The summed E-state index contributed by atoms with van der Waals surface area (Å²) in [5, 5.41) is 2.82. The summed E-state index contributed by atoms with van der Waals surface area (Å²) in [5.74, 6) is -0.192. The normalized spacial score (nSPS) is 10.0. The molecule has 0 bridgehead atoms. The highest BCUT2D eigenvalue weighted by atomic mass is 79.9. The molecule has 2 rings (SSSR count). The molecule has 0 aliphatic heterocycles. The maximum absolute atomic E-state index is 12.1. The summed E-state index contributed by atoms with van der Waals surface area (Å²) in [5.41, 5.74) is 2.26. The van der Waals surface area contributed by atoms with Crippen LogP contribution < -0.4 is 10.1 Å². The number of nitrogens with one attached hydrogen (secondary N) is 1. The Labute approximate surface area is 131 Å². The highest BCUT2D eigenvalue weighted by Crippen LogP contribution is 2.21. The second kappa shape index (κ2) is 6.54. The molecule has 0 aliphatic rings. The lowest BCUT2D eigenvalue weighted by molar-refractivity contribution is -0.131. The van der Waals surface area contributed by atoms with Crippen LogP contribution >= 0.6 is 15.9 Å². The number of esters is 1. The molecule has 0 aromatic heterocycles. The zero-order valence-corrected chi connectivity index (χ0v) is 13.2. The van der Waals surface area contributed by atoms with Gasteiger partial charge in [0, 0.05) is 22.6 Å². The Morgan fingerprint density at radius 3 is 2.33 bits per heavy atom. The molecule has 21 heavy (non-hydrogen) atoms. The van der Waals surface area contributed by atoms with E-state index in [2.05, 4.69) is 21.2 Å². The monoisotopic (exact) mass is 347 g/mol. The van der Waals surface area contributed by atoms with Crippen LogP contribution in [0.5, 0.6) is 5.75 Å². The number of amides is 1. The highest BCUT2D eigenvalue weighted by molar-refractivity contribution is 9.10. The van der Waals surface area contributed by atoms with Crippen molar-refractivity contribution in [3.63, 3.8) is 0 Å². The van der Waals surface area contributed by atoms with Crippen molar-refractivity contribution in [3.8, 4) is 5.75 Å². The molecule has 0 unspecified atom stereocenters. The van der Waals surface area contributed by atoms with Crippen LogP contribution in [0.2, 0.25) is 0 Å². The number of anilines is 1. The molecule has 0 aliphatic carbocycles. The first-order chi connectivity index (χ1) is 9.95. The SMILES string of the molecule is CC(=O)Oc1ccc(C(=O)Nc2ccc(Br)c(C)c2)cc1. The van der Waals surface area contributed by atoms with Gasteiger partial charge >= 0.3 is 5.97 Å². The van der Waals surface area contributed by atoms with Crippen molar-refractivity contribution >= 4 is 33.5 Å². The van der Waals surface area contributed by atoms with Gasteiger partial charge in [0.2, 0.25) is 0 Å². The molecular weight excluding hydrogens is 334 g/mol. The van der Waals surface area contributed by atoms with E-state index in [1.54, 1.807) is 24.3 Å². The molecule has 2 aromatic carbocycles. The lowest BCUT2D eigenvalue weighted by Gasteiger charge is -2.08. The van der Waals surface area contributed by atoms with E-state index in [-0.39, 0.29) is 5.91 Å². The van der Waals surface area contributed by atoms with Gasteiger partial charge in [-0.3, -0.25) is 9.59 Å². The summed E-state index contributed by atoms with van der Waals surface area (Å²) in [6.07, 6.45) is 0. The largest absolute Gasteiger partial charge is 0.427 e. The Morgan fingerprint density at radius 1 is 1.10 bits per heavy atom. The van der Waals surface area contributed by atoms with Crippen molar-refractivity contribution in [3.05, 3.63) is 58.1 Å². The predicted molar refractivity (Wildman–Crippen MR) is 84.6 cm³/mol. The van der Waals surface area contributed by atoms with Gasteiger partial charge in [-0.25, -0.2) is 0 Å². The quantitative estimate of drug-likeness (QED) is 0.675. The van der Waals surface area contributed by atoms with Crippen LogP contribution in [-0.2, 0) is 4.79 Å². The summed E-state index contributed by atoms with van der Waals surface area (Å²) >= 11 is 3.41. The Hall–Kier alpha value is -2.14. The molecule has 5 heteroatoms. The van der Waals surface area contributed by atoms with Gasteiger partial charge in [-0.15, -0.1) is 0 Å². The number of hydrogen-bond acceptors (Lipinski definition) is 3. The van der Waals surface area contributed by atoms with Crippen LogP contribution in [0.25, 0.3) is 0 Å². The molecule has 0 saturated heterocycles. The van der Waals surface area contributed by atoms with E-state index in [9.17, 15) is 9.59 Å². The van der Waals surface area contributed by atoms with E-state index < -0.39 is 5.97 Å². The smallest absolute Gasteiger partial charge is 0.308 e. The minimum absolute atomic E-state index is 0.217.